The van der Waals surface area contributed by atoms with E-state index in [9.17, 15) is 9.59 Å². The number of carbonyl (C=O) groups excluding carboxylic acids is 2. The number of amides is 2. The van der Waals surface area contributed by atoms with Crippen molar-refractivity contribution >= 4 is 11.8 Å². The lowest BCUT2D eigenvalue weighted by Crippen LogP contribution is -2.48. The van der Waals surface area contributed by atoms with Crippen LogP contribution >= 0.6 is 0 Å². The summed E-state index contributed by atoms with van der Waals surface area (Å²) in [7, 11) is 0. The normalized spacial score (nSPS) is 26.6. The number of carbonyl (C=O) groups is 2. The minimum absolute atomic E-state index is 0.0102. The van der Waals surface area contributed by atoms with Gasteiger partial charge in [-0.15, -0.1) is 0 Å². The van der Waals surface area contributed by atoms with Crippen LogP contribution in [0.4, 0.5) is 0 Å². The van der Waals surface area contributed by atoms with E-state index in [0.29, 0.717) is 58.0 Å². The number of aryl methyl sites for hydroxylation is 1. The highest BCUT2D eigenvalue weighted by Crippen LogP contribution is 2.52. The number of likely N-dealkylation sites (tertiary alicyclic amines) is 1. The predicted octanol–water partition coefficient (Wildman–Crippen LogP) is 3.27. The summed E-state index contributed by atoms with van der Waals surface area (Å²) in [6.07, 6.45) is 2.60. The van der Waals surface area contributed by atoms with Crippen molar-refractivity contribution in [2.45, 2.75) is 31.6 Å². The lowest BCUT2D eigenvalue weighted by atomic mass is 9.73. The van der Waals surface area contributed by atoms with Crippen LogP contribution in [0.5, 0.6) is 17.2 Å². The molecular weight excluding hydrogens is 432 g/mol. The quantitative estimate of drug-likeness (QED) is 0.704. The molecule has 5 aliphatic heterocycles. The smallest absolute Gasteiger partial charge is 0.225 e. The van der Waals surface area contributed by atoms with E-state index in [2.05, 4.69) is 11.4 Å². The third-order valence-corrected chi connectivity index (χ3v) is 7.82. The maximum atomic E-state index is 13.4. The number of fused-ring (bicyclic) bond motifs is 5. The first kappa shape index (κ1) is 21.5. The van der Waals surface area contributed by atoms with Gasteiger partial charge in [-0.2, -0.15) is 0 Å². The minimum atomic E-state index is -0.361. The van der Waals surface area contributed by atoms with Crippen molar-refractivity contribution in [3.8, 4) is 17.2 Å². The molecular formula is C27H30N2O5. The second-order valence-electron chi connectivity index (χ2n) is 10.0. The van der Waals surface area contributed by atoms with E-state index in [1.54, 1.807) is 0 Å². The highest BCUT2D eigenvalue weighted by Gasteiger charge is 2.53. The van der Waals surface area contributed by atoms with Gasteiger partial charge in [-0.3, -0.25) is 9.59 Å². The van der Waals surface area contributed by atoms with Gasteiger partial charge >= 0.3 is 0 Å². The average molecular weight is 463 g/mol. The molecule has 2 atom stereocenters. The predicted molar refractivity (Wildman–Crippen MR) is 125 cm³/mol. The van der Waals surface area contributed by atoms with Crippen LogP contribution in [-0.2, 0) is 20.7 Å². The van der Waals surface area contributed by atoms with E-state index >= 15 is 0 Å². The Morgan fingerprint density at radius 1 is 1.09 bits per heavy atom. The van der Waals surface area contributed by atoms with E-state index in [4.69, 9.17) is 14.2 Å². The molecule has 0 aromatic heterocycles. The van der Waals surface area contributed by atoms with E-state index < -0.39 is 0 Å². The first-order valence-corrected chi connectivity index (χ1v) is 12.3. The van der Waals surface area contributed by atoms with Gasteiger partial charge in [-0.1, -0.05) is 24.3 Å². The zero-order valence-corrected chi connectivity index (χ0v) is 19.3. The minimum Gasteiger partial charge on any atom is -0.489 e. The van der Waals surface area contributed by atoms with Gasteiger partial charge in [0.25, 0.3) is 0 Å². The Kier molecular flexibility index (Phi) is 5.44. The SMILES string of the molecule is O=C1CCc2cccc(c2)Oc2cccc3c2OC[C@]2(CN1)CN(C(=O)C1CCOCC1)C[C@H]32. The first-order chi connectivity index (χ1) is 16.6. The molecule has 178 valence electrons. The van der Waals surface area contributed by atoms with Crippen LogP contribution in [0.15, 0.2) is 42.5 Å². The van der Waals surface area contributed by atoms with Crippen LogP contribution in [-0.4, -0.2) is 56.2 Å². The number of rotatable bonds is 1. The van der Waals surface area contributed by atoms with Crippen molar-refractivity contribution in [1.29, 1.82) is 0 Å². The molecule has 1 N–H and O–H groups in total. The summed E-state index contributed by atoms with van der Waals surface area (Å²) in [5.41, 5.74) is 1.75. The summed E-state index contributed by atoms with van der Waals surface area (Å²) in [4.78, 5) is 28.2. The second kappa shape index (κ2) is 8.62. The van der Waals surface area contributed by atoms with Crippen molar-refractivity contribution in [2.24, 2.45) is 11.3 Å². The van der Waals surface area contributed by atoms with Crippen molar-refractivity contribution in [3.63, 3.8) is 0 Å². The number of benzene rings is 2. The number of hydrogen-bond donors (Lipinski definition) is 1. The summed E-state index contributed by atoms with van der Waals surface area (Å²) < 4.78 is 18.1. The topological polar surface area (TPSA) is 77.1 Å². The molecule has 0 radical (unpaired) electrons. The molecule has 1 spiro atoms. The maximum absolute atomic E-state index is 13.4. The Morgan fingerprint density at radius 3 is 2.82 bits per heavy atom. The van der Waals surface area contributed by atoms with Crippen molar-refractivity contribution in [2.75, 3.05) is 39.5 Å². The van der Waals surface area contributed by atoms with Crippen LogP contribution in [0.1, 0.15) is 36.3 Å². The van der Waals surface area contributed by atoms with Gasteiger partial charge in [0.05, 0.1) is 6.61 Å². The molecule has 2 fully saturated rings. The number of hydrogen-bond acceptors (Lipinski definition) is 5. The molecule has 7 rings (SSSR count). The summed E-state index contributed by atoms with van der Waals surface area (Å²) in [5, 5.41) is 3.18. The first-order valence-electron chi connectivity index (χ1n) is 12.3. The van der Waals surface area contributed by atoms with E-state index in [0.717, 1.165) is 35.5 Å². The van der Waals surface area contributed by atoms with E-state index in [1.165, 1.54) is 0 Å². The van der Waals surface area contributed by atoms with Gasteiger partial charge in [-0.05, 0) is 43.0 Å². The van der Waals surface area contributed by atoms with E-state index in [-0.39, 0.29) is 29.1 Å². The van der Waals surface area contributed by atoms with Gasteiger partial charge in [0.2, 0.25) is 11.8 Å². The molecule has 7 heteroatoms. The van der Waals surface area contributed by atoms with Crippen molar-refractivity contribution in [1.82, 2.24) is 10.2 Å². The lowest BCUT2D eigenvalue weighted by Gasteiger charge is -2.40. The fraction of sp³-hybridized carbons (Fsp3) is 0.481. The second-order valence-corrected chi connectivity index (χ2v) is 10.0. The van der Waals surface area contributed by atoms with Crippen molar-refractivity contribution in [3.05, 3.63) is 53.6 Å². The van der Waals surface area contributed by atoms with Crippen LogP contribution < -0.4 is 14.8 Å². The number of ether oxygens (including phenoxy) is 3. The summed E-state index contributed by atoms with van der Waals surface area (Å²) in [6, 6.07) is 13.9. The highest BCUT2D eigenvalue weighted by molar-refractivity contribution is 5.80. The zero-order valence-electron chi connectivity index (χ0n) is 19.3. The molecule has 6 bridgehead atoms. The molecule has 2 saturated heterocycles. The fourth-order valence-electron chi connectivity index (χ4n) is 5.91. The van der Waals surface area contributed by atoms with Crippen LogP contribution in [0, 0.1) is 11.3 Å². The van der Waals surface area contributed by atoms with Crippen LogP contribution in [0.3, 0.4) is 0 Å². The molecule has 5 heterocycles. The molecule has 2 amide bonds. The molecule has 2 aromatic carbocycles. The number of para-hydroxylation sites is 1. The van der Waals surface area contributed by atoms with Gasteiger partial charge in [0.1, 0.15) is 5.75 Å². The van der Waals surface area contributed by atoms with Gasteiger partial charge < -0.3 is 24.4 Å². The monoisotopic (exact) mass is 462 g/mol. The van der Waals surface area contributed by atoms with Crippen molar-refractivity contribution < 1.29 is 23.8 Å². The number of nitrogens with one attached hydrogen (secondary N) is 1. The van der Waals surface area contributed by atoms with Gasteiger partial charge in [0, 0.05) is 62.1 Å². The average Bonchev–Trinajstić information content (AvgIpc) is 3.27. The van der Waals surface area contributed by atoms with Crippen LogP contribution in [0.25, 0.3) is 0 Å². The number of nitrogens with zero attached hydrogens (tertiary/aromatic N) is 1. The maximum Gasteiger partial charge on any atom is 0.225 e. The zero-order chi connectivity index (χ0) is 23.1. The molecule has 2 aromatic rings. The standard InChI is InChI=1S/C27H30N2O5/c30-24-8-7-18-3-1-4-20(13-18)34-23-6-2-5-21-22-14-29(26(31)19-9-11-32-12-10-19)16-27(22,15-28-24)17-33-25(21)23/h1-6,13,19,22H,7-12,14-17H2,(H,28,30)/t22-,27+/m1/s1. The van der Waals surface area contributed by atoms with Crippen LogP contribution in [0.2, 0.25) is 0 Å². The Labute approximate surface area is 199 Å². The molecule has 34 heavy (non-hydrogen) atoms. The summed E-state index contributed by atoms with van der Waals surface area (Å²) in [6.45, 7) is 3.41. The Morgan fingerprint density at radius 2 is 1.94 bits per heavy atom. The summed E-state index contributed by atoms with van der Waals surface area (Å²) in [5.74, 6) is 2.47. The molecule has 0 aliphatic carbocycles. The summed E-state index contributed by atoms with van der Waals surface area (Å²) >= 11 is 0. The Balaban J connectivity index is 1.37. The molecule has 0 unspecified atom stereocenters. The fourth-order valence-corrected chi connectivity index (χ4v) is 5.91. The largest absolute Gasteiger partial charge is 0.489 e. The third-order valence-electron chi connectivity index (χ3n) is 7.82. The molecule has 0 saturated carbocycles. The third kappa shape index (κ3) is 3.82. The van der Waals surface area contributed by atoms with Gasteiger partial charge in [-0.25, -0.2) is 0 Å². The molecule has 7 nitrogen and oxygen atoms in total. The Bertz CT molecular complexity index is 1110. The lowest BCUT2D eigenvalue weighted by molar-refractivity contribution is -0.137. The molecule has 5 aliphatic rings. The van der Waals surface area contributed by atoms with E-state index in [1.807, 2.05) is 41.3 Å². The highest BCUT2D eigenvalue weighted by atomic mass is 16.5. The Hall–Kier alpha value is -3.06. The van der Waals surface area contributed by atoms with Gasteiger partial charge in [0.15, 0.2) is 11.5 Å².